The Morgan fingerprint density at radius 2 is 1.83 bits per heavy atom. The zero-order valence-electron chi connectivity index (χ0n) is 27.5. The number of halogens is 1. The van der Waals surface area contributed by atoms with Gasteiger partial charge in [-0.1, -0.05) is 73.0 Å². The van der Waals surface area contributed by atoms with Gasteiger partial charge in [0.05, 0.1) is 18.0 Å². The molecule has 1 aliphatic heterocycles. The minimum Gasteiger partial charge on any atom is -0.494 e. The molecule has 0 spiro atoms. The summed E-state index contributed by atoms with van der Waals surface area (Å²) in [6.45, 7) is 4.19. The van der Waals surface area contributed by atoms with Crippen molar-refractivity contribution in [1.29, 1.82) is 0 Å². The summed E-state index contributed by atoms with van der Waals surface area (Å²) < 4.78 is 11.7. The average Bonchev–Trinajstić information content (AvgIpc) is 3.50. The number of rotatable bonds is 12. The molecule has 1 saturated carbocycles. The van der Waals surface area contributed by atoms with Crippen molar-refractivity contribution in [2.45, 2.75) is 83.2 Å². The third kappa shape index (κ3) is 8.37. The van der Waals surface area contributed by atoms with E-state index in [1.54, 1.807) is 18.2 Å². The summed E-state index contributed by atoms with van der Waals surface area (Å²) in [5.41, 5.74) is 4.98. The molecule has 48 heavy (non-hydrogen) atoms. The number of hydrogen-bond acceptors (Lipinski definition) is 5. The highest BCUT2D eigenvalue weighted by atomic mass is 35.5. The van der Waals surface area contributed by atoms with Gasteiger partial charge in [-0.3, -0.25) is 14.4 Å². The van der Waals surface area contributed by atoms with E-state index in [0.717, 1.165) is 57.1 Å². The Morgan fingerprint density at radius 3 is 2.58 bits per heavy atom. The molecule has 250 valence electrons. The maximum absolute atomic E-state index is 13.6. The Bertz CT molecular complexity index is 1840. The van der Waals surface area contributed by atoms with Gasteiger partial charge in [0.25, 0.3) is 5.91 Å². The molecule has 0 radical (unpaired) electrons. The van der Waals surface area contributed by atoms with Crippen molar-refractivity contribution in [3.63, 3.8) is 0 Å². The quantitative estimate of drug-likeness (QED) is 0.121. The minimum absolute atomic E-state index is 0.0246. The molecule has 7 nitrogen and oxygen atoms in total. The van der Waals surface area contributed by atoms with Gasteiger partial charge in [0.15, 0.2) is 11.2 Å². The highest BCUT2D eigenvalue weighted by Crippen LogP contribution is 2.38. The van der Waals surface area contributed by atoms with Crippen LogP contribution in [-0.4, -0.2) is 35.9 Å². The molecule has 1 saturated heterocycles. The number of likely N-dealkylation sites (tertiary alicyclic amines) is 1. The predicted molar refractivity (Wildman–Crippen MR) is 190 cm³/mol. The van der Waals surface area contributed by atoms with Crippen molar-refractivity contribution in [1.82, 2.24) is 10.2 Å². The lowest BCUT2D eigenvalue weighted by Gasteiger charge is -2.28. The number of amides is 2. The number of carbonyl (C=O) groups is 2. The van der Waals surface area contributed by atoms with Gasteiger partial charge in [-0.15, -0.1) is 0 Å². The molecule has 1 N–H and O–H groups in total. The maximum atomic E-state index is 13.6. The van der Waals surface area contributed by atoms with Gasteiger partial charge in [0.2, 0.25) is 5.91 Å². The number of benzene rings is 3. The van der Waals surface area contributed by atoms with Crippen LogP contribution in [0.5, 0.6) is 5.75 Å². The van der Waals surface area contributed by atoms with E-state index in [1.165, 1.54) is 22.8 Å². The molecule has 2 amide bonds. The molecular formula is C40H43ClN2O5. The fraction of sp³-hybridized carbons (Fsp3) is 0.375. The van der Waals surface area contributed by atoms with Crippen LogP contribution in [0, 0.1) is 0 Å². The van der Waals surface area contributed by atoms with Crippen molar-refractivity contribution < 1.29 is 18.7 Å². The number of hydrogen-bond donors (Lipinski definition) is 1. The Morgan fingerprint density at radius 1 is 1.04 bits per heavy atom. The summed E-state index contributed by atoms with van der Waals surface area (Å²) in [5.74, 6) is 0.812. The summed E-state index contributed by atoms with van der Waals surface area (Å²) in [5, 5.41) is 4.17. The first-order valence-corrected chi connectivity index (χ1v) is 17.5. The number of nitrogens with zero attached hydrogens (tertiary/aromatic N) is 1. The number of fused-ring (bicyclic) bond motifs is 1. The molecule has 0 unspecified atom stereocenters. The first-order chi connectivity index (χ1) is 23.4. The van der Waals surface area contributed by atoms with Crippen LogP contribution < -0.4 is 15.5 Å². The summed E-state index contributed by atoms with van der Waals surface area (Å²) in [7, 11) is 0. The first kappa shape index (κ1) is 33.5. The maximum Gasteiger partial charge on any atom is 0.287 e. The molecule has 2 aliphatic rings. The monoisotopic (exact) mass is 666 g/mol. The van der Waals surface area contributed by atoms with E-state index in [-0.39, 0.29) is 23.1 Å². The highest BCUT2D eigenvalue weighted by Gasteiger charge is 2.25. The van der Waals surface area contributed by atoms with Crippen molar-refractivity contribution in [2.24, 2.45) is 0 Å². The standard InChI is InChI=1S/C40H43ClN2O5/c1-2-3-21-47-33-18-19-37-35(24-33)36(44)25-38(48-37)40(46)42-32(23-28-12-16-31(41)17-13-28)22-27-10-14-29(15-11-27)34-8-5-4-7-30(34)26-43-20-6-9-39(43)45/h4-5,7-8,12-13,16-19,22,24-25,29,32H,2-3,6,9-11,14-15,20-21,23,26H2,1H3,(H,42,46)/t29?,32-/m1/s1. The van der Waals surface area contributed by atoms with Gasteiger partial charge in [0.1, 0.15) is 11.3 Å². The fourth-order valence-electron chi connectivity index (χ4n) is 6.84. The van der Waals surface area contributed by atoms with Crippen LogP contribution in [0.2, 0.25) is 5.02 Å². The van der Waals surface area contributed by atoms with Crippen molar-refractivity contribution >= 4 is 34.4 Å². The Hall–Kier alpha value is -4.36. The second kappa shape index (κ2) is 15.7. The molecule has 2 heterocycles. The zero-order chi connectivity index (χ0) is 33.5. The Kier molecular flexibility index (Phi) is 11.0. The van der Waals surface area contributed by atoms with Crippen LogP contribution in [0.25, 0.3) is 11.0 Å². The average molecular weight is 667 g/mol. The van der Waals surface area contributed by atoms with Crippen LogP contribution in [0.1, 0.15) is 91.5 Å². The van der Waals surface area contributed by atoms with E-state index in [9.17, 15) is 14.4 Å². The van der Waals surface area contributed by atoms with Crippen molar-refractivity contribution in [2.75, 3.05) is 13.2 Å². The van der Waals surface area contributed by atoms with E-state index in [4.69, 9.17) is 20.8 Å². The number of carbonyl (C=O) groups excluding carboxylic acids is 2. The van der Waals surface area contributed by atoms with E-state index in [1.807, 2.05) is 29.2 Å². The van der Waals surface area contributed by atoms with Crippen molar-refractivity contribution in [3.8, 4) is 5.75 Å². The summed E-state index contributed by atoms with van der Waals surface area (Å²) in [4.78, 5) is 40.9. The minimum atomic E-state index is -0.438. The Balaban J connectivity index is 1.17. The van der Waals surface area contributed by atoms with Gasteiger partial charge >= 0.3 is 0 Å². The van der Waals surface area contributed by atoms with Gasteiger partial charge in [-0.2, -0.15) is 0 Å². The summed E-state index contributed by atoms with van der Waals surface area (Å²) in [6, 6.07) is 22.2. The van der Waals surface area contributed by atoms with Gasteiger partial charge in [-0.25, -0.2) is 0 Å². The van der Waals surface area contributed by atoms with Crippen LogP contribution in [-0.2, 0) is 17.8 Å². The molecule has 1 aliphatic carbocycles. The molecule has 1 aromatic heterocycles. The largest absolute Gasteiger partial charge is 0.494 e. The molecule has 8 heteroatoms. The number of unbranched alkanes of at least 4 members (excludes halogenated alkanes) is 1. The summed E-state index contributed by atoms with van der Waals surface area (Å²) in [6.07, 6.45) is 10.1. The van der Waals surface area contributed by atoms with Gasteiger partial charge in [-0.05, 0) is 97.9 Å². The lowest BCUT2D eigenvalue weighted by atomic mass is 9.79. The van der Waals surface area contributed by atoms with Crippen LogP contribution in [0.4, 0.5) is 0 Å². The zero-order valence-corrected chi connectivity index (χ0v) is 28.3. The second-order valence-corrected chi connectivity index (χ2v) is 13.4. The van der Waals surface area contributed by atoms with E-state index >= 15 is 0 Å². The van der Waals surface area contributed by atoms with E-state index in [0.29, 0.717) is 53.7 Å². The second-order valence-electron chi connectivity index (χ2n) is 13.0. The molecule has 1 atom stereocenters. The predicted octanol–water partition coefficient (Wildman–Crippen LogP) is 8.37. The normalized spacial score (nSPS) is 17.0. The topological polar surface area (TPSA) is 88.8 Å². The molecular weight excluding hydrogens is 624 g/mol. The smallest absolute Gasteiger partial charge is 0.287 e. The highest BCUT2D eigenvalue weighted by molar-refractivity contribution is 6.30. The Labute approximate surface area is 286 Å². The molecule has 2 fully saturated rings. The van der Waals surface area contributed by atoms with Gasteiger partial charge in [0, 0.05) is 30.6 Å². The number of nitrogens with one attached hydrogen (secondary N) is 1. The van der Waals surface area contributed by atoms with Crippen LogP contribution >= 0.6 is 11.6 Å². The SMILES string of the molecule is CCCCOc1ccc2oc(C(=O)N[C@H](C=C3CCC(c4ccccc4CN4CCCC4=O)CC3)Cc3ccc(Cl)cc3)cc(=O)c2c1. The van der Waals surface area contributed by atoms with Gasteiger partial charge < -0.3 is 19.4 Å². The molecule has 3 aromatic carbocycles. The third-order valence-corrected chi connectivity index (χ3v) is 9.72. The fourth-order valence-corrected chi connectivity index (χ4v) is 6.97. The van der Waals surface area contributed by atoms with Crippen molar-refractivity contribution in [3.05, 3.63) is 122 Å². The molecule has 6 rings (SSSR count). The molecule has 0 bridgehead atoms. The number of allylic oxidation sites excluding steroid dienone is 1. The molecule has 4 aromatic rings. The summed E-state index contributed by atoms with van der Waals surface area (Å²) >= 11 is 6.15. The third-order valence-electron chi connectivity index (χ3n) is 9.47. The first-order valence-electron chi connectivity index (χ1n) is 17.2. The lowest BCUT2D eigenvalue weighted by molar-refractivity contribution is -0.128. The number of ether oxygens (including phenoxy) is 1. The van der Waals surface area contributed by atoms with Crippen LogP contribution in [0.15, 0.2) is 93.7 Å². The van der Waals surface area contributed by atoms with E-state index < -0.39 is 5.91 Å². The van der Waals surface area contributed by atoms with Crippen LogP contribution in [0.3, 0.4) is 0 Å². The van der Waals surface area contributed by atoms with E-state index in [2.05, 4.69) is 42.6 Å². The lowest BCUT2D eigenvalue weighted by Crippen LogP contribution is -2.36.